The maximum absolute atomic E-state index is 14.4. The Kier molecular flexibility index (Phi) is 10.4. The van der Waals surface area contributed by atoms with E-state index in [1.807, 2.05) is 20.8 Å². The van der Waals surface area contributed by atoms with Gasteiger partial charge in [0.1, 0.15) is 17.7 Å². The first kappa shape index (κ1) is 31.2. The molecule has 0 spiro atoms. The second-order valence-electron chi connectivity index (χ2n) is 12.0. The molecule has 11 heteroatoms. The molecule has 3 rings (SSSR count). The summed E-state index contributed by atoms with van der Waals surface area (Å²) in [5.74, 6) is -5.58. The molecule has 4 amide bonds. The Morgan fingerprint density at radius 1 is 1.05 bits per heavy atom. The number of benzene rings is 1. The quantitative estimate of drug-likeness (QED) is 0.274. The highest BCUT2D eigenvalue weighted by Gasteiger charge is 2.37. The van der Waals surface area contributed by atoms with Crippen molar-refractivity contribution in [3.63, 3.8) is 0 Å². The highest BCUT2D eigenvalue weighted by Crippen LogP contribution is 2.27. The van der Waals surface area contributed by atoms with Crippen LogP contribution in [0.1, 0.15) is 84.1 Å². The number of carbonyl (C=O) groups excluding carboxylic acids is 5. The van der Waals surface area contributed by atoms with Gasteiger partial charge in [-0.25, -0.2) is 8.78 Å². The summed E-state index contributed by atoms with van der Waals surface area (Å²) in [4.78, 5) is 64.4. The third-order valence-corrected chi connectivity index (χ3v) is 7.25. The van der Waals surface area contributed by atoms with E-state index in [4.69, 9.17) is 0 Å². The Morgan fingerprint density at radius 3 is 2.30 bits per heavy atom. The van der Waals surface area contributed by atoms with E-state index in [1.54, 1.807) is 6.92 Å². The van der Waals surface area contributed by atoms with Gasteiger partial charge in [-0.05, 0) is 61.5 Å². The van der Waals surface area contributed by atoms with E-state index < -0.39 is 64.5 Å². The van der Waals surface area contributed by atoms with Crippen LogP contribution < -0.4 is 21.3 Å². The van der Waals surface area contributed by atoms with Crippen molar-refractivity contribution in [1.82, 2.24) is 21.3 Å². The molecule has 1 saturated carbocycles. The summed E-state index contributed by atoms with van der Waals surface area (Å²) >= 11 is 0. The fourth-order valence-corrected chi connectivity index (χ4v) is 4.91. The molecule has 1 aliphatic heterocycles. The first-order valence-corrected chi connectivity index (χ1v) is 13.9. The molecule has 0 radical (unpaired) electrons. The molecule has 0 aromatic heterocycles. The Balaban J connectivity index is 1.75. The molecule has 4 atom stereocenters. The summed E-state index contributed by atoms with van der Waals surface area (Å²) in [6.45, 7) is 7.88. The summed E-state index contributed by atoms with van der Waals surface area (Å²) in [7, 11) is 0. The molecule has 1 saturated heterocycles. The number of hydrogen-bond donors (Lipinski definition) is 4. The van der Waals surface area contributed by atoms with Crippen LogP contribution in [0.2, 0.25) is 0 Å². The van der Waals surface area contributed by atoms with Crippen LogP contribution in [-0.2, 0) is 24.0 Å². The van der Waals surface area contributed by atoms with E-state index in [-0.39, 0.29) is 36.8 Å². The summed E-state index contributed by atoms with van der Waals surface area (Å²) in [6, 6.07) is 0.863. The second kappa shape index (κ2) is 13.3. The zero-order valence-electron chi connectivity index (χ0n) is 23.6. The summed E-state index contributed by atoms with van der Waals surface area (Å²) in [6.07, 6.45) is 2.48. The summed E-state index contributed by atoms with van der Waals surface area (Å²) < 4.78 is 27.8. The van der Waals surface area contributed by atoms with Gasteiger partial charge in [-0.3, -0.25) is 24.0 Å². The van der Waals surface area contributed by atoms with Crippen LogP contribution in [0.4, 0.5) is 8.78 Å². The monoisotopic (exact) mass is 562 g/mol. The molecule has 0 bridgehead atoms. The van der Waals surface area contributed by atoms with Crippen molar-refractivity contribution in [2.45, 2.75) is 96.7 Å². The number of nitrogens with one attached hydrogen (secondary N) is 4. The van der Waals surface area contributed by atoms with Gasteiger partial charge in [0.05, 0.1) is 6.04 Å². The third-order valence-electron chi connectivity index (χ3n) is 7.25. The molecule has 40 heavy (non-hydrogen) atoms. The number of amides is 4. The molecule has 1 unspecified atom stereocenters. The fraction of sp³-hybridized carbons (Fsp3) is 0.621. The Morgan fingerprint density at radius 2 is 1.75 bits per heavy atom. The van der Waals surface area contributed by atoms with Crippen LogP contribution in [0, 0.1) is 23.0 Å². The normalized spacial score (nSPS) is 19.2. The van der Waals surface area contributed by atoms with E-state index in [0.29, 0.717) is 19.4 Å². The predicted octanol–water partition coefficient (Wildman–Crippen LogP) is 2.63. The molecule has 1 heterocycles. The van der Waals surface area contributed by atoms with Gasteiger partial charge in [-0.1, -0.05) is 33.8 Å². The van der Waals surface area contributed by atoms with Crippen LogP contribution in [0.15, 0.2) is 18.2 Å². The van der Waals surface area contributed by atoms with Crippen LogP contribution >= 0.6 is 0 Å². The van der Waals surface area contributed by atoms with Crippen LogP contribution in [0.25, 0.3) is 0 Å². The van der Waals surface area contributed by atoms with E-state index in [0.717, 1.165) is 25.0 Å². The van der Waals surface area contributed by atoms with Crippen molar-refractivity contribution in [2.75, 3.05) is 6.54 Å². The van der Waals surface area contributed by atoms with Gasteiger partial charge < -0.3 is 21.3 Å². The number of hydrogen-bond acceptors (Lipinski definition) is 5. The smallest absolute Gasteiger partial charge is 0.289 e. The number of Topliss-reactive ketones (excluding diaryl/α,β-unsaturated/α-hetero) is 1. The van der Waals surface area contributed by atoms with Gasteiger partial charge >= 0.3 is 0 Å². The lowest BCUT2D eigenvalue weighted by Gasteiger charge is -2.29. The lowest BCUT2D eigenvalue weighted by atomic mass is 9.87. The molecule has 9 nitrogen and oxygen atoms in total. The highest BCUT2D eigenvalue weighted by molar-refractivity contribution is 6.38. The minimum atomic E-state index is -1.24. The van der Waals surface area contributed by atoms with Gasteiger partial charge in [-0.2, -0.15) is 0 Å². The fourth-order valence-electron chi connectivity index (χ4n) is 4.91. The van der Waals surface area contributed by atoms with Gasteiger partial charge in [0.25, 0.3) is 5.91 Å². The van der Waals surface area contributed by atoms with Crippen LogP contribution in [0.3, 0.4) is 0 Å². The van der Waals surface area contributed by atoms with E-state index in [2.05, 4.69) is 21.3 Å². The average Bonchev–Trinajstić information content (AvgIpc) is 3.59. The molecule has 2 fully saturated rings. The van der Waals surface area contributed by atoms with Crippen LogP contribution in [-0.4, -0.2) is 54.1 Å². The van der Waals surface area contributed by atoms with E-state index in [1.165, 1.54) is 6.07 Å². The lowest BCUT2D eigenvalue weighted by Crippen LogP contribution is -2.55. The minimum Gasteiger partial charge on any atom is -0.356 e. The molecule has 4 N–H and O–H groups in total. The topological polar surface area (TPSA) is 133 Å². The molecular formula is C29H40F2N4O5. The van der Waals surface area contributed by atoms with Gasteiger partial charge in [-0.15, -0.1) is 0 Å². The van der Waals surface area contributed by atoms with Gasteiger partial charge in [0.15, 0.2) is 0 Å². The summed E-state index contributed by atoms with van der Waals surface area (Å²) in [5, 5.41) is 10.7. The van der Waals surface area contributed by atoms with Crippen molar-refractivity contribution in [3.05, 3.63) is 35.4 Å². The predicted molar refractivity (Wildman–Crippen MR) is 144 cm³/mol. The molecule has 2 aliphatic rings. The molecular weight excluding hydrogens is 522 g/mol. The maximum Gasteiger partial charge on any atom is 0.289 e. The Labute approximate surface area is 233 Å². The number of ketones is 1. The minimum absolute atomic E-state index is 0.0353. The van der Waals surface area contributed by atoms with Gasteiger partial charge in [0, 0.05) is 31.0 Å². The first-order chi connectivity index (χ1) is 18.8. The Bertz CT molecular complexity index is 1130. The SMILES string of the molecule is CC[C@H](CC(=O)N[C@@H](CC(C)(C)C)C(=O)NC(C[C@@H]1CCNC1=O)C(=O)C(=O)NC1CC1)c1ccc(F)cc1F. The third kappa shape index (κ3) is 9.09. The average molecular weight is 563 g/mol. The summed E-state index contributed by atoms with van der Waals surface area (Å²) in [5.41, 5.74) is -0.200. The number of carbonyl (C=O) groups is 5. The van der Waals surface area contributed by atoms with Crippen molar-refractivity contribution in [2.24, 2.45) is 11.3 Å². The largest absolute Gasteiger partial charge is 0.356 e. The van der Waals surface area contributed by atoms with Crippen molar-refractivity contribution in [3.8, 4) is 0 Å². The second-order valence-corrected chi connectivity index (χ2v) is 12.0. The first-order valence-electron chi connectivity index (χ1n) is 13.9. The van der Waals surface area contributed by atoms with Crippen molar-refractivity contribution >= 4 is 29.4 Å². The number of halogens is 2. The molecule has 1 aliphatic carbocycles. The van der Waals surface area contributed by atoms with Crippen molar-refractivity contribution < 1.29 is 32.8 Å². The Hall–Kier alpha value is -3.37. The lowest BCUT2D eigenvalue weighted by molar-refractivity contribution is -0.141. The van der Waals surface area contributed by atoms with Crippen LogP contribution in [0.5, 0.6) is 0 Å². The maximum atomic E-state index is 14.4. The highest BCUT2D eigenvalue weighted by atomic mass is 19.1. The zero-order valence-corrected chi connectivity index (χ0v) is 23.6. The zero-order chi connectivity index (χ0) is 29.6. The van der Waals surface area contributed by atoms with E-state index in [9.17, 15) is 32.8 Å². The number of rotatable bonds is 13. The van der Waals surface area contributed by atoms with Gasteiger partial charge in [0.2, 0.25) is 23.5 Å². The standard InChI is InChI=1S/C29H40F2N4O5/c1-5-16(20-9-6-18(30)14-21(20)31)13-24(36)34-23(15-29(2,3)4)27(39)35-22(12-17-10-11-32-26(17)38)25(37)28(40)33-19-7-8-19/h6,9,14,16-17,19,22-23H,5,7-8,10-13,15H2,1-4H3,(H,32,38)(H,33,40)(H,34,36)(H,35,39)/t16-,17+,22?,23+/m1/s1. The molecule has 1 aromatic carbocycles. The van der Waals surface area contributed by atoms with E-state index >= 15 is 0 Å². The molecule has 220 valence electrons. The van der Waals surface area contributed by atoms with Crippen molar-refractivity contribution in [1.29, 1.82) is 0 Å². The molecule has 1 aromatic rings.